The molecule has 1 atom stereocenters. The molecule has 0 spiro atoms. The number of rotatable bonds is 6. The lowest BCUT2D eigenvalue weighted by Crippen LogP contribution is -1.99. The van der Waals surface area contributed by atoms with Gasteiger partial charge in [-0.05, 0) is 25.5 Å². The lowest BCUT2D eigenvalue weighted by Gasteiger charge is -2.12. The maximum atomic E-state index is 11.4. The largest absolute Gasteiger partial charge is 0.527 e. The van der Waals surface area contributed by atoms with Crippen LogP contribution in [0.15, 0.2) is 18.2 Å². The molecule has 0 saturated carbocycles. The summed E-state index contributed by atoms with van der Waals surface area (Å²) in [5, 5.41) is 10.7. The van der Waals surface area contributed by atoms with Gasteiger partial charge in [0.15, 0.2) is 0 Å². The molecule has 0 heterocycles. The van der Waals surface area contributed by atoms with Crippen molar-refractivity contribution in [2.75, 3.05) is 6.61 Å². The smallest absolute Gasteiger partial charge is 0.404 e. The minimum atomic E-state index is -4.15. The molecule has 0 aromatic heterocycles. The summed E-state index contributed by atoms with van der Waals surface area (Å²) in [5.74, 6) is 0.0664. The maximum absolute atomic E-state index is 11.4. The number of phosphoric acid groups is 1. The van der Waals surface area contributed by atoms with Crippen molar-refractivity contribution in [2.45, 2.75) is 20.3 Å². The Morgan fingerprint density at radius 1 is 1.44 bits per heavy atom. The van der Waals surface area contributed by atoms with Crippen LogP contribution in [0, 0.1) is 10.1 Å². The fourth-order valence-corrected chi connectivity index (χ4v) is 2.16. The molecule has 0 aliphatic rings. The van der Waals surface area contributed by atoms with Crippen LogP contribution in [0.25, 0.3) is 0 Å². The van der Waals surface area contributed by atoms with Crippen molar-refractivity contribution in [3.63, 3.8) is 0 Å². The molecular formula is C10H14NO6P. The van der Waals surface area contributed by atoms with Crippen molar-refractivity contribution in [3.8, 4) is 5.75 Å². The number of aryl methyl sites for hydroxylation is 1. The summed E-state index contributed by atoms with van der Waals surface area (Å²) < 4.78 is 20.7. The minimum Gasteiger partial charge on any atom is -0.404 e. The quantitative estimate of drug-likeness (QED) is 0.486. The number of benzene rings is 1. The molecule has 0 aliphatic carbocycles. The molecule has 0 saturated heterocycles. The van der Waals surface area contributed by atoms with Gasteiger partial charge in [0.05, 0.1) is 11.5 Å². The van der Waals surface area contributed by atoms with E-state index in [-0.39, 0.29) is 18.0 Å². The SMILES string of the molecule is CCOP(=O)(O)Oc1ccc([N+](=O)[O-])c(CC)c1. The molecule has 0 amide bonds. The first kappa shape index (κ1) is 14.6. The third kappa shape index (κ3) is 3.80. The molecule has 100 valence electrons. The molecule has 1 aromatic carbocycles. The maximum Gasteiger partial charge on any atom is 0.527 e. The number of nitrogens with zero attached hydrogens (tertiary/aromatic N) is 1. The van der Waals surface area contributed by atoms with Crippen LogP contribution < -0.4 is 4.52 Å². The second-order valence-corrected chi connectivity index (χ2v) is 4.76. The zero-order valence-corrected chi connectivity index (χ0v) is 10.9. The monoisotopic (exact) mass is 275 g/mol. The molecule has 1 unspecified atom stereocenters. The van der Waals surface area contributed by atoms with Gasteiger partial charge in [-0.25, -0.2) is 4.57 Å². The molecule has 0 radical (unpaired) electrons. The van der Waals surface area contributed by atoms with Crippen molar-refractivity contribution in [2.24, 2.45) is 0 Å². The predicted molar refractivity (Wildman–Crippen MR) is 64.6 cm³/mol. The summed E-state index contributed by atoms with van der Waals surface area (Å²) >= 11 is 0. The summed E-state index contributed by atoms with van der Waals surface area (Å²) in [6.45, 7) is 3.33. The van der Waals surface area contributed by atoms with Crippen LogP contribution in [0.5, 0.6) is 5.75 Å². The number of phosphoric ester groups is 1. The van der Waals surface area contributed by atoms with Gasteiger partial charge in [0.25, 0.3) is 5.69 Å². The van der Waals surface area contributed by atoms with E-state index in [1.807, 2.05) is 0 Å². The van der Waals surface area contributed by atoms with E-state index in [2.05, 4.69) is 4.52 Å². The third-order valence-corrected chi connectivity index (χ3v) is 3.17. The summed E-state index contributed by atoms with van der Waals surface area (Å²) in [7, 11) is -4.15. The molecular weight excluding hydrogens is 261 g/mol. The van der Waals surface area contributed by atoms with Crippen LogP contribution >= 0.6 is 7.82 Å². The predicted octanol–water partition coefficient (Wildman–Crippen LogP) is 2.67. The van der Waals surface area contributed by atoms with Crippen LogP contribution in [0.4, 0.5) is 5.69 Å². The zero-order valence-electron chi connectivity index (χ0n) is 10.0. The average Bonchev–Trinajstić information content (AvgIpc) is 2.27. The molecule has 8 heteroatoms. The summed E-state index contributed by atoms with van der Waals surface area (Å²) in [5.41, 5.74) is 0.378. The molecule has 7 nitrogen and oxygen atoms in total. The van der Waals surface area contributed by atoms with Crippen molar-refractivity contribution in [3.05, 3.63) is 33.9 Å². The Bertz CT molecular complexity index is 489. The van der Waals surface area contributed by atoms with Gasteiger partial charge in [-0.1, -0.05) is 6.92 Å². The van der Waals surface area contributed by atoms with Gasteiger partial charge in [0.2, 0.25) is 0 Å². The van der Waals surface area contributed by atoms with Gasteiger partial charge >= 0.3 is 7.82 Å². The molecule has 0 bridgehead atoms. The Labute approximate surface area is 104 Å². The molecule has 1 N–H and O–H groups in total. The van der Waals surface area contributed by atoms with E-state index in [4.69, 9.17) is 4.52 Å². The van der Waals surface area contributed by atoms with E-state index in [0.717, 1.165) is 0 Å². The van der Waals surface area contributed by atoms with E-state index in [0.29, 0.717) is 12.0 Å². The first-order valence-corrected chi connectivity index (χ1v) is 6.83. The van der Waals surface area contributed by atoms with Gasteiger partial charge in [-0.3, -0.25) is 19.5 Å². The lowest BCUT2D eigenvalue weighted by molar-refractivity contribution is -0.385. The van der Waals surface area contributed by atoms with Gasteiger partial charge in [-0.2, -0.15) is 0 Å². The lowest BCUT2D eigenvalue weighted by atomic mass is 10.1. The zero-order chi connectivity index (χ0) is 13.8. The van der Waals surface area contributed by atoms with Crippen LogP contribution in [0.1, 0.15) is 19.4 Å². The first-order valence-electron chi connectivity index (χ1n) is 5.34. The van der Waals surface area contributed by atoms with Gasteiger partial charge in [0, 0.05) is 11.6 Å². The Kier molecular flexibility index (Phi) is 4.84. The van der Waals surface area contributed by atoms with E-state index < -0.39 is 12.7 Å². The normalized spacial score (nSPS) is 13.9. The summed E-state index contributed by atoms with van der Waals surface area (Å²) in [6, 6.07) is 3.86. The van der Waals surface area contributed by atoms with Gasteiger partial charge < -0.3 is 4.52 Å². The van der Waals surface area contributed by atoms with Crippen LogP contribution in [-0.4, -0.2) is 16.4 Å². The Hall–Kier alpha value is -1.43. The topological polar surface area (TPSA) is 98.9 Å². The molecule has 0 fully saturated rings. The highest BCUT2D eigenvalue weighted by molar-refractivity contribution is 7.47. The second kappa shape index (κ2) is 5.95. The number of hydrogen-bond acceptors (Lipinski definition) is 5. The van der Waals surface area contributed by atoms with Crippen molar-refractivity contribution < 1.29 is 23.4 Å². The molecule has 18 heavy (non-hydrogen) atoms. The number of hydrogen-bond donors (Lipinski definition) is 1. The third-order valence-electron chi connectivity index (χ3n) is 2.14. The van der Waals surface area contributed by atoms with Crippen LogP contribution in [0.3, 0.4) is 0 Å². The van der Waals surface area contributed by atoms with Gasteiger partial charge in [0.1, 0.15) is 5.75 Å². The summed E-state index contributed by atoms with van der Waals surface area (Å²) in [4.78, 5) is 19.5. The summed E-state index contributed by atoms with van der Waals surface area (Å²) in [6.07, 6.45) is 0.415. The second-order valence-electron chi connectivity index (χ2n) is 3.38. The molecule has 1 rings (SSSR count). The highest BCUT2D eigenvalue weighted by atomic mass is 31.2. The molecule has 1 aromatic rings. The van der Waals surface area contributed by atoms with E-state index in [9.17, 15) is 19.6 Å². The van der Waals surface area contributed by atoms with Crippen molar-refractivity contribution in [1.29, 1.82) is 0 Å². The Balaban J connectivity index is 2.99. The Morgan fingerprint density at radius 2 is 2.11 bits per heavy atom. The van der Waals surface area contributed by atoms with Crippen LogP contribution in [-0.2, 0) is 15.5 Å². The van der Waals surface area contributed by atoms with Gasteiger partial charge in [-0.15, -0.1) is 0 Å². The minimum absolute atomic E-state index is 0.0292. The molecule has 0 aliphatic heterocycles. The average molecular weight is 275 g/mol. The van der Waals surface area contributed by atoms with Crippen LogP contribution in [0.2, 0.25) is 0 Å². The highest BCUT2D eigenvalue weighted by Crippen LogP contribution is 2.44. The van der Waals surface area contributed by atoms with E-state index in [1.54, 1.807) is 13.8 Å². The highest BCUT2D eigenvalue weighted by Gasteiger charge is 2.23. The van der Waals surface area contributed by atoms with E-state index in [1.165, 1.54) is 18.2 Å². The Morgan fingerprint density at radius 3 is 2.61 bits per heavy atom. The fourth-order valence-electron chi connectivity index (χ4n) is 1.40. The van der Waals surface area contributed by atoms with E-state index >= 15 is 0 Å². The van der Waals surface area contributed by atoms with Crippen molar-refractivity contribution >= 4 is 13.5 Å². The number of nitro benzene ring substituents is 1. The first-order chi connectivity index (χ1) is 8.39. The standard InChI is InChI=1S/C10H14NO6P/c1-3-8-7-9(5-6-10(8)11(12)13)17-18(14,15)16-4-2/h5-7H,3-4H2,1-2H3,(H,14,15). The number of nitro groups is 1. The fraction of sp³-hybridized carbons (Fsp3) is 0.400. The van der Waals surface area contributed by atoms with Crippen molar-refractivity contribution in [1.82, 2.24) is 0 Å².